The van der Waals surface area contributed by atoms with Crippen LogP contribution in [0.4, 0.5) is 8.78 Å². The number of nitrogens with zero attached hydrogens (tertiary/aromatic N) is 1. The SMILES string of the molecule is CC(C)(CF)C(Cl)=CC1C(C(=O)OC(C#N)c2ccc(F)c(Oc3ccccc3)c2)C1(C)C. The van der Waals surface area contributed by atoms with Gasteiger partial charge >= 0.3 is 5.97 Å². The van der Waals surface area contributed by atoms with Gasteiger partial charge in [0.05, 0.1) is 12.6 Å². The number of carbonyl (C=O) groups excluding carboxylic acids is 1. The molecule has 0 radical (unpaired) electrons. The maximum atomic E-state index is 14.3. The van der Waals surface area contributed by atoms with Crippen molar-refractivity contribution in [3.63, 3.8) is 0 Å². The van der Waals surface area contributed by atoms with Crippen LogP contribution in [-0.2, 0) is 9.53 Å². The molecule has 3 rings (SSSR count). The van der Waals surface area contributed by atoms with Crippen molar-refractivity contribution >= 4 is 17.6 Å². The number of rotatable bonds is 8. The van der Waals surface area contributed by atoms with Gasteiger partial charge in [0.1, 0.15) is 11.8 Å². The fraction of sp³-hybridized carbons (Fsp3) is 0.385. The number of hydrogen-bond donors (Lipinski definition) is 0. The summed E-state index contributed by atoms with van der Waals surface area (Å²) in [6.45, 7) is 6.52. The van der Waals surface area contributed by atoms with Crippen molar-refractivity contribution in [1.29, 1.82) is 5.26 Å². The highest BCUT2D eigenvalue weighted by Crippen LogP contribution is 2.61. The van der Waals surface area contributed by atoms with Gasteiger partial charge in [-0.1, -0.05) is 69.6 Å². The Labute approximate surface area is 197 Å². The molecule has 0 saturated heterocycles. The number of nitriles is 1. The first-order chi connectivity index (χ1) is 15.5. The Morgan fingerprint density at radius 3 is 2.55 bits per heavy atom. The maximum absolute atomic E-state index is 14.3. The molecule has 0 N–H and O–H groups in total. The molecule has 2 aromatic rings. The second-order valence-electron chi connectivity index (χ2n) is 9.41. The summed E-state index contributed by atoms with van der Waals surface area (Å²) in [6, 6.07) is 14.5. The molecule has 0 bridgehead atoms. The van der Waals surface area contributed by atoms with Crippen molar-refractivity contribution in [2.45, 2.75) is 33.8 Å². The first-order valence-corrected chi connectivity index (χ1v) is 10.9. The van der Waals surface area contributed by atoms with Gasteiger partial charge in [0.15, 0.2) is 11.6 Å². The highest BCUT2D eigenvalue weighted by Gasteiger charge is 2.62. The molecule has 174 valence electrons. The van der Waals surface area contributed by atoms with Crippen LogP contribution in [0.2, 0.25) is 0 Å². The van der Waals surface area contributed by atoms with Gasteiger partial charge in [-0.3, -0.25) is 9.18 Å². The van der Waals surface area contributed by atoms with Crippen LogP contribution in [0.3, 0.4) is 0 Å². The number of carbonyl (C=O) groups is 1. The molecule has 2 aromatic carbocycles. The number of ether oxygens (including phenoxy) is 2. The summed E-state index contributed by atoms with van der Waals surface area (Å²) in [7, 11) is 0. The lowest BCUT2D eigenvalue weighted by atomic mass is 9.93. The van der Waals surface area contributed by atoms with E-state index in [-0.39, 0.29) is 11.7 Å². The molecular weight excluding hydrogens is 448 g/mol. The molecule has 1 aliphatic carbocycles. The average Bonchev–Trinajstić information content (AvgIpc) is 3.33. The first kappa shape index (κ1) is 24.7. The van der Waals surface area contributed by atoms with Gasteiger partial charge in [0.2, 0.25) is 6.10 Å². The van der Waals surface area contributed by atoms with Crippen molar-refractivity contribution in [3.8, 4) is 17.6 Å². The fourth-order valence-corrected chi connectivity index (χ4v) is 3.81. The Morgan fingerprint density at radius 1 is 1.27 bits per heavy atom. The minimum atomic E-state index is -1.24. The largest absolute Gasteiger partial charge is 0.454 e. The predicted molar refractivity (Wildman–Crippen MR) is 122 cm³/mol. The molecule has 33 heavy (non-hydrogen) atoms. The third kappa shape index (κ3) is 5.36. The van der Waals surface area contributed by atoms with Crippen molar-refractivity contribution in [3.05, 3.63) is 71.0 Å². The average molecular weight is 474 g/mol. The third-order valence-corrected chi connectivity index (χ3v) is 6.69. The lowest BCUT2D eigenvalue weighted by Crippen LogP contribution is -2.15. The summed E-state index contributed by atoms with van der Waals surface area (Å²) in [5.41, 5.74) is -0.999. The van der Waals surface area contributed by atoms with Gasteiger partial charge in [-0.25, -0.2) is 4.39 Å². The van der Waals surface area contributed by atoms with Crippen LogP contribution in [0.25, 0.3) is 0 Å². The standard InChI is InChI=1S/C26H26ClF2NO3/c1-25(2,15-28)22(27)13-18-23(26(18,3)4)24(31)33-21(14-30)16-10-11-19(29)20(12-16)32-17-8-6-5-7-9-17/h5-13,18,21,23H,15H2,1-4H3. The number of para-hydroxylation sites is 1. The number of allylic oxidation sites excluding steroid dienone is 2. The molecular formula is C26H26ClF2NO3. The number of alkyl halides is 1. The third-order valence-electron chi connectivity index (χ3n) is 6.05. The zero-order valence-electron chi connectivity index (χ0n) is 18.9. The summed E-state index contributed by atoms with van der Waals surface area (Å²) < 4.78 is 38.6. The van der Waals surface area contributed by atoms with E-state index in [1.807, 2.05) is 19.9 Å². The van der Waals surface area contributed by atoms with E-state index >= 15 is 0 Å². The Kier molecular flexibility index (Phi) is 7.14. The fourth-order valence-electron chi connectivity index (χ4n) is 3.62. The molecule has 0 heterocycles. The van der Waals surface area contributed by atoms with E-state index < -0.39 is 41.3 Å². The predicted octanol–water partition coefficient (Wildman–Crippen LogP) is 7.12. The summed E-state index contributed by atoms with van der Waals surface area (Å²) in [4.78, 5) is 12.9. The molecule has 0 amide bonds. The monoisotopic (exact) mass is 473 g/mol. The van der Waals surface area contributed by atoms with Crippen LogP contribution < -0.4 is 4.74 Å². The molecule has 0 aromatic heterocycles. The van der Waals surface area contributed by atoms with E-state index in [1.54, 1.807) is 50.3 Å². The topological polar surface area (TPSA) is 59.3 Å². The minimum Gasteiger partial charge on any atom is -0.454 e. The van der Waals surface area contributed by atoms with Crippen molar-refractivity contribution in [2.24, 2.45) is 22.7 Å². The summed E-state index contributed by atoms with van der Waals surface area (Å²) >= 11 is 6.30. The summed E-state index contributed by atoms with van der Waals surface area (Å²) in [5.74, 6) is -1.59. The number of esters is 1. The van der Waals surface area contributed by atoms with Gasteiger partial charge < -0.3 is 9.47 Å². The zero-order chi connectivity index (χ0) is 24.4. The van der Waals surface area contributed by atoms with Crippen LogP contribution in [0.5, 0.6) is 11.5 Å². The molecule has 7 heteroatoms. The lowest BCUT2D eigenvalue weighted by molar-refractivity contribution is -0.149. The molecule has 1 aliphatic rings. The molecule has 1 saturated carbocycles. The van der Waals surface area contributed by atoms with Crippen LogP contribution in [0, 0.1) is 39.8 Å². The molecule has 3 unspecified atom stereocenters. The minimum absolute atomic E-state index is 0.0807. The van der Waals surface area contributed by atoms with Gasteiger partial charge in [-0.2, -0.15) is 5.26 Å². The quantitative estimate of drug-likeness (QED) is 0.383. The lowest BCUT2D eigenvalue weighted by Gasteiger charge is -2.19. The van der Waals surface area contributed by atoms with Crippen molar-refractivity contribution < 1.29 is 23.0 Å². The second-order valence-corrected chi connectivity index (χ2v) is 9.82. The molecule has 4 nitrogen and oxygen atoms in total. The molecule has 0 spiro atoms. The highest BCUT2D eigenvalue weighted by atomic mass is 35.5. The van der Waals surface area contributed by atoms with E-state index in [0.29, 0.717) is 16.3 Å². The van der Waals surface area contributed by atoms with Gasteiger partial charge in [0, 0.05) is 16.0 Å². The van der Waals surface area contributed by atoms with E-state index in [4.69, 9.17) is 21.1 Å². The van der Waals surface area contributed by atoms with Gasteiger partial charge in [0.25, 0.3) is 0 Å². The zero-order valence-corrected chi connectivity index (χ0v) is 19.7. The van der Waals surface area contributed by atoms with Gasteiger partial charge in [-0.05, 0) is 35.6 Å². The molecule has 1 fully saturated rings. The van der Waals surface area contributed by atoms with Crippen molar-refractivity contribution in [2.75, 3.05) is 6.67 Å². The van der Waals surface area contributed by atoms with Gasteiger partial charge in [-0.15, -0.1) is 0 Å². The first-order valence-electron chi connectivity index (χ1n) is 10.6. The van der Waals surface area contributed by atoms with Crippen LogP contribution in [0.1, 0.15) is 39.4 Å². The summed E-state index contributed by atoms with van der Waals surface area (Å²) in [6.07, 6.45) is 0.466. The van der Waals surface area contributed by atoms with Crippen LogP contribution in [0.15, 0.2) is 59.6 Å². The van der Waals surface area contributed by atoms with Crippen LogP contribution in [-0.4, -0.2) is 12.6 Å². The van der Waals surface area contributed by atoms with E-state index in [0.717, 1.165) is 6.07 Å². The van der Waals surface area contributed by atoms with E-state index in [1.165, 1.54) is 12.1 Å². The highest BCUT2D eigenvalue weighted by molar-refractivity contribution is 6.30. The van der Waals surface area contributed by atoms with E-state index in [2.05, 4.69) is 0 Å². The van der Waals surface area contributed by atoms with Crippen molar-refractivity contribution in [1.82, 2.24) is 0 Å². The Morgan fingerprint density at radius 2 is 1.94 bits per heavy atom. The van der Waals surface area contributed by atoms with E-state index in [9.17, 15) is 18.8 Å². The Bertz CT molecular complexity index is 1090. The number of halogens is 3. The molecule has 0 aliphatic heterocycles. The Balaban J connectivity index is 1.76. The summed E-state index contributed by atoms with van der Waals surface area (Å²) in [5, 5.41) is 9.97. The number of benzene rings is 2. The Hall–Kier alpha value is -2.91. The second kappa shape index (κ2) is 9.52. The maximum Gasteiger partial charge on any atom is 0.311 e. The normalized spacial score (nSPS) is 20.5. The van der Waals surface area contributed by atoms with Crippen LogP contribution >= 0.6 is 11.6 Å². The molecule has 3 atom stereocenters. The number of hydrogen-bond acceptors (Lipinski definition) is 4. The smallest absolute Gasteiger partial charge is 0.311 e.